The van der Waals surface area contributed by atoms with Gasteiger partial charge < -0.3 is 10.1 Å². The number of anilines is 1. The Morgan fingerprint density at radius 3 is 2.68 bits per heavy atom. The van der Waals surface area contributed by atoms with Crippen LogP contribution in [0.25, 0.3) is 0 Å². The Kier molecular flexibility index (Phi) is 4.18. The van der Waals surface area contributed by atoms with Crippen molar-refractivity contribution < 1.29 is 9.53 Å². The average molecular weight is 259 g/mol. The minimum Gasteiger partial charge on any atom is -0.493 e. The second-order valence-electron chi connectivity index (χ2n) is 4.46. The van der Waals surface area contributed by atoms with Crippen molar-refractivity contribution in [3.63, 3.8) is 0 Å². The highest BCUT2D eigenvalue weighted by Gasteiger charge is 2.04. The van der Waals surface area contributed by atoms with Crippen molar-refractivity contribution in [3.05, 3.63) is 41.7 Å². The molecule has 0 saturated carbocycles. The first-order valence-corrected chi connectivity index (χ1v) is 6.13. The van der Waals surface area contributed by atoms with E-state index in [1.165, 1.54) is 0 Å². The van der Waals surface area contributed by atoms with E-state index in [-0.39, 0.29) is 5.91 Å². The standard InChI is InChI=1S/C14H17N3O2/c1-10-5-11(2)7-13(6-10)19-4-3-14(18)17-12-8-15-16-9-12/h5-9H,3-4H2,1-2H3,(H,15,16)(H,17,18). The molecule has 0 aliphatic rings. The van der Waals surface area contributed by atoms with Gasteiger partial charge in [0, 0.05) is 6.20 Å². The fraction of sp³-hybridized carbons (Fsp3) is 0.286. The molecule has 0 atom stereocenters. The molecule has 0 bridgehead atoms. The van der Waals surface area contributed by atoms with Crippen LogP contribution in [-0.4, -0.2) is 22.7 Å². The maximum Gasteiger partial charge on any atom is 0.227 e. The monoisotopic (exact) mass is 259 g/mol. The van der Waals surface area contributed by atoms with E-state index >= 15 is 0 Å². The number of nitrogens with one attached hydrogen (secondary N) is 2. The van der Waals surface area contributed by atoms with Crippen LogP contribution in [-0.2, 0) is 4.79 Å². The molecule has 1 amide bonds. The van der Waals surface area contributed by atoms with E-state index in [0.717, 1.165) is 16.9 Å². The molecule has 19 heavy (non-hydrogen) atoms. The van der Waals surface area contributed by atoms with Crippen LogP contribution in [0.2, 0.25) is 0 Å². The molecule has 0 spiro atoms. The Morgan fingerprint density at radius 2 is 2.05 bits per heavy atom. The van der Waals surface area contributed by atoms with E-state index in [1.807, 2.05) is 26.0 Å². The van der Waals surface area contributed by atoms with Gasteiger partial charge in [-0.05, 0) is 37.1 Å². The first-order chi connectivity index (χ1) is 9.13. The molecule has 0 aliphatic carbocycles. The van der Waals surface area contributed by atoms with Crippen molar-refractivity contribution in [1.82, 2.24) is 10.2 Å². The van der Waals surface area contributed by atoms with Crippen molar-refractivity contribution in [1.29, 1.82) is 0 Å². The average Bonchev–Trinajstić information content (AvgIpc) is 2.80. The number of hydrogen-bond donors (Lipinski definition) is 2. The second-order valence-corrected chi connectivity index (χ2v) is 4.46. The quantitative estimate of drug-likeness (QED) is 0.866. The predicted octanol–water partition coefficient (Wildman–Crippen LogP) is 2.43. The number of benzene rings is 1. The van der Waals surface area contributed by atoms with Crippen LogP contribution < -0.4 is 10.1 Å². The number of hydrogen-bond acceptors (Lipinski definition) is 3. The zero-order valence-corrected chi connectivity index (χ0v) is 11.1. The molecule has 1 heterocycles. The van der Waals surface area contributed by atoms with E-state index in [2.05, 4.69) is 21.6 Å². The predicted molar refractivity (Wildman–Crippen MR) is 73.2 cm³/mol. The number of carbonyl (C=O) groups is 1. The summed E-state index contributed by atoms with van der Waals surface area (Å²) in [5, 5.41) is 9.10. The van der Waals surface area contributed by atoms with E-state index in [9.17, 15) is 4.79 Å². The number of aryl methyl sites for hydroxylation is 2. The van der Waals surface area contributed by atoms with E-state index in [1.54, 1.807) is 12.4 Å². The fourth-order valence-corrected chi connectivity index (χ4v) is 1.82. The van der Waals surface area contributed by atoms with E-state index in [0.29, 0.717) is 18.7 Å². The van der Waals surface area contributed by atoms with Crippen LogP contribution in [0.15, 0.2) is 30.6 Å². The summed E-state index contributed by atoms with van der Waals surface area (Å²) in [7, 11) is 0. The molecule has 5 nitrogen and oxygen atoms in total. The molecule has 100 valence electrons. The van der Waals surface area contributed by atoms with Crippen LogP contribution in [0.1, 0.15) is 17.5 Å². The Bertz CT molecular complexity index is 530. The van der Waals surface area contributed by atoms with Gasteiger partial charge >= 0.3 is 0 Å². The molecule has 0 saturated heterocycles. The number of ether oxygens (including phenoxy) is 1. The van der Waals surface area contributed by atoms with Gasteiger partial charge in [-0.1, -0.05) is 6.07 Å². The molecule has 0 fully saturated rings. The summed E-state index contributed by atoms with van der Waals surface area (Å²) in [5.74, 6) is 0.708. The molecular formula is C14H17N3O2. The molecule has 2 aromatic rings. The normalized spacial score (nSPS) is 10.2. The maximum atomic E-state index is 11.6. The van der Waals surface area contributed by atoms with Gasteiger partial charge in [-0.2, -0.15) is 5.10 Å². The molecular weight excluding hydrogens is 242 g/mol. The molecule has 2 N–H and O–H groups in total. The summed E-state index contributed by atoms with van der Waals surface area (Å²) in [5.41, 5.74) is 2.96. The molecule has 0 unspecified atom stereocenters. The van der Waals surface area contributed by atoms with Gasteiger partial charge in [0.15, 0.2) is 0 Å². The molecule has 5 heteroatoms. The third-order valence-corrected chi connectivity index (χ3v) is 2.58. The van der Waals surface area contributed by atoms with Crippen LogP contribution in [0.4, 0.5) is 5.69 Å². The highest BCUT2D eigenvalue weighted by molar-refractivity contribution is 5.90. The third kappa shape index (κ3) is 4.13. The van der Waals surface area contributed by atoms with Crippen LogP contribution in [0, 0.1) is 13.8 Å². The molecule has 0 aliphatic heterocycles. The van der Waals surface area contributed by atoms with Gasteiger partial charge in [-0.3, -0.25) is 9.89 Å². The summed E-state index contributed by atoms with van der Waals surface area (Å²) in [6.07, 6.45) is 3.49. The number of carbonyl (C=O) groups excluding carboxylic acids is 1. The highest BCUT2D eigenvalue weighted by Crippen LogP contribution is 2.16. The van der Waals surface area contributed by atoms with Crippen LogP contribution >= 0.6 is 0 Å². The topological polar surface area (TPSA) is 67.0 Å². The minimum atomic E-state index is -0.0919. The summed E-state index contributed by atoms with van der Waals surface area (Å²) in [4.78, 5) is 11.6. The van der Waals surface area contributed by atoms with Gasteiger partial charge in [-0.25, -0.2) is 0 Å². The van der Waals surface area contributed by atoms with Crippen molar-refractivity contribution in [3.8, 4) is 5.75 Å². The van der Waals surface area contributed by atoms with Gasteiger partial charge in [-0.15, -0.1) is 0 Å². The Labute approximate surface area is 112 Å². The zero-order valence-electron chi connectivity index (χ0n) is 11.1. The van der Waals surface area contributed by atoms with Gasteiger partial charge in [0.1, 0.15) is 5.75 Å². The second kappa shape index (κ2) is 6.04. The van der Waals surface area contributed by atoms with Crippen LogP contribution in [0.3, 0.4) is 0 Å². The smallest absolute Gasteiger partial charge is 0.227 e. The van der Waals surface area contributed by atoms with Crippen molar-refractivity contribution in [2.45, 2.75) is 20.3 Å². The minimum absolute atomic E-state index is 0.0919. The first kappa shape index (κ1) is 13.1. The van der Waals surface area contributed by atoms with Crippen molar-refractivity contribution in [2.24, 2.45) is 0 Å². The van der Waals surface area contributed by atoms with Crippen LogP contribution in [0.5, 0.6) is 5.75 Å². The van der Waals surface area contributed by atoms with Gasteiger partial charge in [0.05, 0.1) is 24.9 Å². The molecule has 0 radical (unpaired) electrons. The number of aromatic amines is 1. The molecule has 1 aromatic heterocycles. The summed E-state index contributed by atoms with van der Waals surface area (Å²) in [6.45, 7) is 4.39. The first-order valence-electron chi connectivity index (χ1n) is 6.13. The number of H-pyrrole nitrogens is 1. The number of aromatic nitrogens is 2. The zero-order chi connectivity index (χ0) is 13.7. The summed E-state index contributed by atoms with van der Waals surface area (Å²) < 4.78 is 5.57. The fourth-order valence-electron chi connectivity index (χ4n) is 1.82. The van der Waals surface area contributed by atoms with Crippen molar-refractivity contribution >= 4 is 11.6 Å². The van der Waals surface area contributed by atoms with E-state index < -0.39 is 0 Å². The Hall–Kier alpha value is -2.30. The number of amides is 1. The van der Waals surface area contributed by atoms with Gasteiger partial charge in [0.2, 0.25) is 5.91 Å². The Morgan fingerprint density at radius 1 is 1.32 bits per heavy atom. The van der Waals surface area contributed by atoms with Gasteiger partial charge in [0.25, 0.3) is 0 Å². The maximum absolute atomic E-state index is 11.6. The Balaban J connectivity index is 1.78. The molecule has 1 aromatic carbocycles. The number of nitrogens with zero attached hydrogens (tertiary/aromatic N) is 1. The third-order valence-electron chi connectivity index (χ3n) is 2.58. The molecule has 2 rings (SSSR count). The lowest BCUT2D eigenvalue weighted by atomic mass is 10.1. The summed E-state index contributed by atoms with van der Waals surface area (Å²) in [6, 6.07) is 6.00. The van der Waals surface area contributed by atoms with Crippen molar-refractivity contribution in [2.75, 3.05) is 11.9 Å². The number of rotatable bonds is 5. The van der Waals surface area contributed by atoms with E-state index in [4.69, 9.17) is 4.74 Å². The lowest BCUT2D eigenvalue weighted by Gasteiger charge is -2.08. The lowest BCUT2D eigenvalue weighted by Crippen LogP contribution is -2.14. The highest BCUT2D eigenvalue weighted by atomic mass is 16.5. The summed E-state index contributed by atoms with van der Waals surface area (Å²) >= 11 is 0. The lowest BCUT2D eigenvalue weighted by molar-refractivity contribution is -0.116. The largest absolute Gasteiger partial charge is 0.493 e. The SMILES string of the molecule is Cc1cc(C)cc(OCCC(=O)Nc2cn[nH]c2)c1.